The second-order valence-electron chi connectivity index (χ2n) is 15.8. The first kappa shape index (κ1) is 44.5. The van der Waals surface area contributed by atoms with Gasteiger partial charge in [0.15, 0.2) is 8.24 Å². The summed E-state index contributed by atoms with van der Waals surface area (Å²) in [5.74, 6) is 0. The number of rotatable bonds is 11. The van der Waals surface area contributed by atoms with Gasteiger partial charge in [0.2, 0.25) is 0 Å². The van der Waals surface area contributed by atoms with E-state index in [0.717, 1.165) is 0 Å². The summed E-state index contributed by atoms with van der Waals surface area (Å²) in [5.41, 5.74) is 2.69. The van der Waals surface area contributed by atoms with Gasteiger partial charge >= 0.3 is 17.1 Å². The van der Waals surface area contributed by atoms with Gasteiger partial charge in [-0.15, -0.1) is 7.04 Å². The van der Waals surface area contributed by atoms with Gasteiger partial charge < -0.3 is 9.16 Å². The molecule has 0 bridgehead atoms. The first-order valence-corrected chi connectivity index (χ1v) is 31.4. The van der Waals surface area contributed by atoms with E-state index in [-0.39, 0.29) is 17.1 Å². The Morgan fingerprint density at radius 1 is 0.404 bits per heavy atom. The second kappa shape index (κ2) is 20.4. The molecule has 0 aliphatic rings. The van der Waals surface area contributed by atoms with Crippen molar-refractivity contribution in [1.82, 2.24) is 0 Å². The van der Waals surface area contributed by atoms with Gasteiger partial charge in [0.05, 0.1) is 7.92 Å². The minimum atomic E-state index is -2.32. The Labute approximate surface area is 356 Å². The van der Waals surface area contributed by atoms with E-state index in [9.17, 15) is 0 Å². The first-order chi connectivity index (χ1) is 27.0. The normalized spacial score (nSPS) is 11.8. The Morgan fingerprint density at radius 2 is 0.667 bits per heavy atom. The van der Waals surface area contributed by atoms with Crippen molar-refractivity contribution in [2.75, 3.05) is 0 Å². The van der Waals surface area contributed by atoms with Crippen LogP contribution in [-0.4, -0.2) is 22.0 Å². The van der Waals surface area contributed by atoms with Crippen molar-refractivity contribution in [2.45, 2.75) is 39.3 Å². The molecule has 7 aromatic rings. The zero-order valence-corrected chi connectivity index (χ0v) is 39.6. The van der Waals surface area contributed by atoms with E-state index in [1.54, 1.807) is 0 Å². The molecule has 0 fully saturated rings. The van der Waals surface area contributed by atoms with E-state index in [4.69, 9.17) is 9.16 Å². The van der Waals surface area contributed by atoms with E-state index in [0.29, 0.717) is 0 Å². The Bertz CT molecular complexity index is 2170. The maximum absolute atomic E-state index is 5.92. The predicted molar refractivity (Wildman–Crippen MR) is 263 cm³/mol. The van der Waals surface area contributed by atoms with Gasteiger partial charge in [-0.2, -0.15) is 0 Å². The molecule has 0 N–H and O–H groups in total. The molecule has 0 saturated carbocycles. The van der Waals surface area contributed by atoms with Gasteiger partial charge in [-0.25, -0.2) is 0 Å². The molecule has 0 unspecified atom stereocenters. The van der Waals surface area contributed by atoms with Crippen LogP contribution in [0.1, 0.15) is 0 Å². The van der Waals surface area contributed by atoms with Crippen LogP contribution in [0.3, 0.4) is 0 Å². The third-order valence-electron chi connectivity index (χ3n) is 9.04. The average Bonchev–Trinajstić information content (AvgIpc) is 3.22. The van der Waals surface area contributed by atoms with Crippen molar-refractivity contribution in [3.05, 3.63) is 217 Å². The van der Waals surface area contributed by atoms with E-state index >= 15 is 0 Å². The van der Waals surface area contributed by atoms with Crippen LogP contribution < -0.4 is 37.1 Å². The standard InChI is InChI=1S/C31H39N2P2Si2.C18H15P.Cu/c1-36(2,3)32-34(28-19-11-7-12-20-28,29-21-13-8-14-22-29)27-35(33-37(4,5)6,30-23-15-9-16-24-30)31-25-17-10-18-26-31;1-4-10-16(11-5-1)19(17-12-6-2-7-13-17)18-14-8-3-9-15-18;/h7-27H,1-6H3;1-15H;/q-1;;+1/p+1. The number of nitrogens with zero attached hydrogens (tertiary/aromatic N) is 2. The summed E-state index contributed by atoms with van der Waals surface area (Å²) in [6.45, 7) is 14.2. The molecular formula is C49H55CuN2P3Si2+. The smallest absolute Gasteiger partial charge is 0.631 e. The van der Waals surface area contributed by atoms with Gasteiger partial charge in [0.1, 0.15) is 15.9 Å². The second-order valence-corrected chi connectivity index (χ2v) is 34.3. The van der Waals surface area contributed by atoms with Crippen LogP contribution in [0.5, 0.6) is 0 Å². The molecule has 0 aromatic heterocycles. The van der Waals surface area contributed by atoms with E-state index in [2.05, 4.69) is 257 Å². The van der Waals surface area contributed by atoms with Crippen LogP contribution in [0.15, 0.2) is 217 Å². The maximum atomic E-state index is 5.92. The summed E-state index contributed by atoms with van der Waals surface area (Å²) in [4.78, 5) is 0. The van der Waals surface area contributed by atoms with Gasteiger partial charge in [-0.05, 0) is 57.6 Å². The third kappa shape index (κ3) is 11.8. The molecule has 8 heteroatoms. The number of hydrogen-bond donors (Lipinski definition) is 0. The molecule has 57 heavy (non-hydrogen) atoms. The zero-order valence-electron chi connectivity index (χ0n) is 33.9. The van der Waals surface area contributed by atoms with E-state index in [1.807, 2.05) is 0 Å². The Hall–Kier alpha value is -3.59. The predicted octanol–water partition coefficient (Wildman–Crippen LogP) is 11.4. The number of benzene rings is 7. The molecule has 0 aliphatic heterocycles. The summed E-state index contributed by atoms with van der Waals surface area (Å²) in [6, 6.07) is 76.6. The fourth-order valence-electron chi connectivity index (χ4n) is 6.97. The summed E-state index contributed by atoms with van der Waals surface area (Å²) in [7, 11) is -9.30. The molecule has 0 radical (unpaired) electrons. The van der Waals surface area contributed by atoms with Gasteiger partial charge in [-0.3, -0.25) is 0 Å². The van der Waals surface area contributed by atoms with Crippen molar-refractivity contribution in [1.29, 1.82) is 0 Å². The number of hydrogen-bond acceptors (Lipinski definition) is 1. The van der Waals surface area contributed by atoms with Crippen molar-refractivity contribution in [3.63, 3.8) is 0 Å². The van der Waals surface area contributed by atoms with Crippen molar-refractivity contribution in [2.24, 2.45) is 4.41 Å². The Morgan fingerprint density at radius 3 is 0.930 bits per heavy atom. The van der Waals surface area contributed by atoms with Crippen LogP contribution in [0.25, 0.3) is 4.75 Å². The monoisotopic (exact) mass is 883 g/mol. The summed E-state index contributed by atoms with van der Waals surface area (Å²) in [5, 5.41) is 9.55. The molecule has 0 heterocycles. The summed E-state index contributed by atoms with van der Waals surface area (Å²) >= 11 is 0. The fraction of sp³-hybridized carbons (Fsp3) is 0.122. The molecule has 0 aliphatic carbocycles. The molecule has 0 spiro atoms. The summed E-state index contributed by atoms with van der Waals surface area (Å²) < 4.78 is 11.8. The molecule has 7 rings (SSSR count). The van der Waals surface area contributed by atoms with Crippen LogP contribution in [0.4, 0.5) is 0 Å². The van der Waals surface area contributed by atoms with Gasteiger partial charge in [-0.1, -0.05) is 229 Å². The average molecular weight is 885 g/mol. The zero-order chi connectivity index (χ0) is 39.5. The Kier molecular flexibility index (Phi) is 15.9. The molecule has 7 aromatic carbocycles. The largest absolute Gasteiger partial charge is 1.00 e. The maximum Gasteiger partial charge on any atom is 1.00 e. The quantitative estimate of drug-likeness (QED) is 0.0914. The van der Waals surface area contributed by atoms with Crippen molar-refractivity contribution in [3.8, 4) is 0 Å². The van der Waals surface area contributed by atoms with Crippen molar-refractivity contribution >= 4 is 81.2 Å². The molecule has 0 atom stereocenters. The molecule has 2 nitrogen and oxygen atoms in total. The van der Waals surface area contributed by atoms with E-state index < -0.39 is 38.5 Å². The van der Waals surface area contributed by atoms with E-state index in [1.165, 1.54) is 37.1 Å². The SMILES string of the molecule is C[Si](C)(C)N=P(C=P([N-][Si](C)(C)C)(c1ccccc1)c1ccccc1)(c1ccccc1)c1ccccc1.[Cu+].c1ccc([PH+](c2ccccc2)c2ccccc2)cc1. The van der Waals surface area contributed by atoms with Crippen LogP contribution in [0, 0.1) is 0 Å². The van der Waals surface area contributed by atoms with Crippen LogP contribution >= 0.6 is 22.0 Å². The molecule has 294 valence electrons. The minimum absolute atomic E-state index is 0. The van der Waals surface area contributed by atoms with Gasteiger partial charge in [0.25, 0.3) is 0 Å². The fourth-order valence-corrected chi connectivity index (χ4v) is 27.5. The minimum Gasteiger partial charge on any atom is -0.631 e. The summed E-state index contributed by atoms with van der Waals surface area (Å²) in [6.07, 6.45) is 0. The molecule has 0 saturated heterocycles. The van der Waals surface area contributed by atoms with Crippen LogP contribution in [0.2, 0.25) is 39.3 Å². The topological polar surface area (TPSA) is 26.5 Å². The first-order valence-electron chi connectivity index (χ1n) is 19.4. The molecule has 0 amide bonds. The van der Waals surface area contributed by atoms with Crippen LogP contribution in [-0.2, 0) is 17.1 Å². The molecular weight excluding hydrogens is 829 g/mol. The Balaban J connectivity index is 0.000000260. The van der Waals surface area contributed by atoms with Gasteiger partial charge in [0, 0.05) is 7.05 Å². The van der Waals surface area contributed by atoms with Crippen molar-refractivity contribution < 1.29 is 17.1 Å². The third-order valence-corrected chi connectivity index (χ3v) is 26.1.